The number of ether oxygens (including phenoxy) is 1. The van der Waals surface area contributed by atoms with E-state index in [0.29, 0.717) is 0 Å². The number of nitrogens with one attached hydrogen (secondary N) is 1. The number of phosphoric ester groups is 1. The van der Waals surface area contributed by atoms with Gasteiger partial charge in [0, 0.05) is 17.1 Å². The number of nitrogens with zero attached hydrogens (tertiary/aromatic N) is 1. The lowest BCUT2D eigenvalue weighted by molar-refractivity contribution is -0.0760. The molecular weight excluding hydrogens is 551 g/mol. The Bertz CT molecular complexity index is 1270. The first kappa shape index (κ1) is 29.1. The number of hydrogen-bond donors (Lipinski definition) is 7. The molecule has 1 aliphatic rings. The fourth-order valence-electron chi connectivity index (χ4n) is 3.09. The Labute approximate surface area is 194 Å². The summed E-state index contributed by atoms with van der Waals surface area (Å²) in [5, 5.41) is 12.7. The monoisotopic (exact) mass is 569 g/mol. The molecule has 1 saturated heterocycles. The van der Waals surface area contributed by atoms with Gasteiger partial charge in [-0.25, -0.2) is 18.5 Å². The maximum atomic E-state index is 12.4. The van der Waals surface area contributed by atoms with Crippen LogP contribution in [0.5, 0.6) is 0 Å². The zero-order valence-electron chi connectivity index (χ0n) is 17.0. The van der Waals surface area contributed by atoms with E-state index >= 15 is 0 Å². The Balaban J connectivity index is 2.37. The van der Waals surface area contributed by atoms with Gasteiger partial charge < -0.3 is 35.2 Å². The second-order valence-electron chi connectivity index (χ2n) is 6.90. The molecule has 34 heavy (non-hydrogen) atoms. The number of aliphatic hydroxyl groups excluding tert-OH is 1. The summed E-state index contributed by atoms with van der Waals surface area (Å²) in [5.74, 6) is 2.26. The fraction of sp³-hybridized carbons (Fsp3) is 0.538. The molecule has 0 radical (unpaired) electrons. The Kier molecular flexibility index (Phi) is 8.59. The summed E-state index contributed by atoms with van der Waals surface area (Å²) in [5.41, 5.74) is 2.26. The molecule has 21 heteroatoms. The molecule has 0 aliphatic carbocycles. The lowest BCUT2D eigenvalue weighted by Gasteiger charge is -2.29. The van der Waals surface area contributed by atoms with E-state index in [1.165, 1.54) is 6.92 Å². The fourth-order valence-corrected chi connectivity index (χ4v) is 6.46. The normalized spacial score (nSPS) is 29.5. The van der Waals surface area contributed by atoms with Crippen LogP contribution in [-0.2, 0) is 31.6 Å². The first-order valence-electron chi connectivity index (χ1n) is 8.72. The van der Waals surface area contributed by atoms with E-state index in [0.717, 1.165) is 17.6 Å². The summed E-state index contributed by atoms with van der Waals surface area (Å²) in [6, 6.07) is 1.01. The standard InChI is InChI=1S/C13H19ClN3O14P3/c1-6-5-8(18)16-12(20)17(6)11-13(15,3-4-14)10(19)9(28-11)7(2)29-33(24,25)31-34(26,27)30-32(21,22)23/h5,7,9-11,19H,15H2,1-2H3,(H,24,25)(H,26,27)(H,16,18,20)(H2,21,22,23)/t7-,9-,10+,11-,13?/m1/s1. The van der Waals surface area contributed by atoms with Crippen LogP contribution in [0.25, 0.3) is 0 Å². The van der Waals surface area contributed by atoms with E-state index in [9.17, 15) is 38.2 Å². The van der Waals surface area contributed by atoms with Crippen molar-refractivity contribution in [1.29, 1.82) is 0 Å². The predicted molar refractivity (Wildman–Crippen MR) is 111 cm³/mol. The molecule has 3 unspecified atom stereocenters. The minimum Gasteiger partial charge on any atom is -0.387 e. The molecular formula is C13H19ClN3O14P3. The smallest absolute Gasteiger partial charge is 0.387 e. The van der Waals surface area contributed by atoms with Crippen molar-refractivity contribution in [2.45, 2.75) is 43.9 Å². The van der Waals surface area contributed by atoms with Gasteiger partial charge in [-0.05, 0) is 25.4 Å². The van der Waals surface area contributed by atoms with Crippen LogP contribution in [0, 0.1) is 18.2 Å². The second kappa shape index (κ2) is 10.1. The molecule has 17 nitrogen and oxygen atoms in total. The van der Waals surface area contributed by atoms with Gasteiger partial charge in [0.25, 0.3) is 5.56 Å². The molecule has 0 spiro atoms. The Hall–Kier alpha value is -1.18. The number of aryl methyl sites for hydroxylation is 1. The summed E-state index contributed by atoms with van der Waals surface area (Å²) in [6.45, 7) is 2.36. The number of halogens is 1. The molecule has 7 atom stereocenters. The van der Waals surface area contributed by atoms with E-state index in [4.69, 9.17) is 31.9 Å². The summed E-state index contributed by atoms with van der Waals surface area (Å²) in [6.07, 6.45) is -6.89. The molecule has 0 amide bonds. The number of phosphoric acid groups is 3. The first-order chi connectivity index (χ1) is 15.3. The molecule has 1 aromatic heterocycles. The Morgan fingerprint density at radius 3 is 2.32 bits per heavy atom. The van der Waals surface area contributed by atoms with Crippen LogP contribution < -0.4 is 17.0 Å². The summed E-state index contributed by atoms with van der Waals surface area (Å²) < 4.78 is 52.6. The zero-order valence-corrected chi connectivity index (χ0v) is 20.5. The minimum atomic E-state index is -5.80. The van der Waals surface area contributed by atoms with E-state index in [2.05, 4.69) is 19.1 Å². The van der Waals surface area contributed by atoms with Crippen molar-refractivity contribution >= 4 is 35.1 Å². The molecule has 8 N–H and O–H groups in total. The molecule has 1 aromatic rings. The summed E-state index contributed by atoms with van der Waals surface area (Å²) >= 11 is 5.43. The van der Waals surface area contributed by atoms with Gasteiger partial charge in [0.15, 0.2) is 11.8 Å². The number of aromatic amines is 1. The van der Waals surface area contributed by atoms with Crippen LogP contribution in [0.1, 0.15) is 18.8 Å². The topological polar surface area (TPSA) is 270 Å². The van der Waals surface area contributed by atoms with Gasteiger partial charge >= 0.3 is 29.2 Å². The first-order valence-corrected chi connectivity index (χ1v) is 13.6. The van der Waals surface area contributed by atoms with Crippen molar-refractivity contribution in [1.82, 2.24) is 9.55 Å². The lowest BCUT2D eigenvalue weighted by Crippen LogP contribution is -2.56. The van der Waals surface area contributed by atoms with E-state index in [-0.39, 0.29) is 5.69 Å². The van der Waals surface area contributed by atoms with Gasteiger partial charge in [-0.15, -0.1) is 0 Å². The van der Waals surface area contributed by atoms with Crippen molar-refractivity contribution in [3.8, 4) is 11.3 Å². The molecule has 0 aromatic carbocycles. The van der Waals surface area contributed by atoms with Crippen LogP contribution in [0.2, 0.25) is 0 Å². The van der Waals surface area contributed by atoms with Gasteiger partial charge in [0.1, 0.15) is 12.2 Å². The lowest BCUT2D eigenvalue weighted by atomic mass is 9.90. The van der Waals surface area contributed by atoms with Gasteiger partial charge in [-0.1, -0.05) is 5.92 Å². The number of H-pyrrole nitrogens is 1. The van der Waals surface area contributed by atoms with Crippen molar-refractivity contribution in [3.63, 3.8) is 0 Å². The highest BCUT2D eigenvalue weighted by atomic mass is 35.5. The average molecular weight is 570 g/mol. The highest BCUT2D eigenvalue weighted by molar-refractivity contribution is 7.66. The minimum absolute atomic E-state index is 0.0262. The molecule has 1 aliphatic heterocycles. The highest BCUT2D eigenvalue weighted by Crippen LogP contribution is 2.66. The van der Waals surface area contributed by atoms with Crippen LogP contribution in [0.15, 0.2) is 15.7 Å². The maximum Gasteiger partial charge on any atom is 0.490 e. The Morgan fingerprint density at radius 2 is 1.82 bits per heavy atom. The predicted octanol–water partition coefficient (Wildman–Crippen LogP) is -1.27. The molecule has 2 heterocycles. The molecule has 192 valence electrons. The third-order valence-corrected chi connectivity index (χ3v) is 8.36. The number of hydrogen-bond acceptors (Lipinski definition) is 11. The van der Waals surface area contributed by atoms with Gasteiger partial charge in [0.2, 0.25) is 0 Å². The number of nitrogens with two attached hydrogens (primary N) is 1. The van der Waals surface area contributed by atoms with Gasteiger partial charge in [-0.3, -0.25) is 18.9 Å². The molecule has 0 saturated carbocycles. The Morgan fingerprint density at radius 1 is 1.24 bits per heavy atom. The molecule has 0 bridgehead atoms. The average Bonchev–Trinajstić information content (AvgIpc) is 2.83. The zero-order chi connectivity index (χ0) is 26.3. The van der Waals surface area contributed by atoms with Crippen molar-refractivity contribution in [2.75, 3.05) is 0 Å². The van der Waals surface area contributed by atoms with E-state index in [1.54, 1.807) is 0 Å². The van der Waals surface area contributed by atoms with Crippen molar-refractivity contribution in [3.05, 3.63) is 32.6 Å². The molecule has 2 rings (SSSR count). The molecule has 1 fully saturated rings. The van der Waals surface area contributed by atoms with Gasteiger partial charge in [0.05, 0.1) is 6.10 Å². The highest BCUT2D eigenvalue weighted by Gasteiger charge is 2.57. The second-order valence-corrected chi connectivity index (χ2v) is 11.5. The SMILES string of the molecule is Cc1cc(=O)[nH]c(=O)n1[C@@H]1O[C@H]([C@@H](C)OP(=O)(O)OP(=O)(O)OP(=O)(O)O)[C@H](O)C1(N)C#CCl. The van der Waals surface area contributed by atoms with Crippen LogP contribution in [0.3, 0.4) is 0 Å². The van der Waals surface area contributed by atoms with E-state index < -0.39 is 64.8 Å². The number of aliphatic hydroxyl groups is 1. The summed E-state index contributed by atoms with van der Waals surface area (Å²) in [7, 11) is -17.0. The largest absolute Gasteiger partial charge is 0.490 e. The third-order valence-electron chi connectivity index (χ3n) is 4.34. The maximum absolute atomic E-state index is 12.4. The summed E-state index contributed by atoms with van der Waals surface area (Å²) in [4.78, 5) is 62.0. The van der Waals surface area contributed by atoms with Crippen molar-refractivity contribution < 1.29 is 56.3 Å². The quantitative estimate of drug-likeness (QED) is 0.142. The van der Waals surface area contributed by atoms with Crippen LogP contribution in [-0.4, -0.2) is 58.1 Å². The number of rotatable bonds is 8. The van der Waals surface area contributed by atoms with Crippen LogP contribution >= 0.6 is 35.1 Å². The number of aromatic nitrogens is 2. The van der Waals surface area contributed by atoms with Crippen molar-refractivity contribution in [2.24, 2.45) is 5.73 Å². The third kappa shape index (κ3) is 6.73. The van der Waals surface area contributed by atoms with E-state index in [1.807, 2.05) is 10.4 Å². The van der Waals surface area contributed by atoms with Crippen LogP contribution in [0.4, 0.5) is 0 Å². The van der Waals surface area contributed by atoms with Gasteiger partial charge in [-0.2, -0.15) is 8.62 Å².